The number of aliphatic hydroxyl groups excluding tert-OH is 1. The standard InChI is InChI=1S/C20H21N5O6S3.C20H19N5O5S3/c1-12(26)11-33(27,28)18(19-25-24-17(31-19)10-22-34(21,29)30)20-23-15-8-7-14(9-16(15)32-20)13-5-3-2-4-6-13;1-2-10-32(26,27)18(19-25-24-17(30-19)12-22-33(21,28)29)20-23-15-9-8-14(11-16(15)31-20)13-6-4-3-5-7-13/h2-9,12,18,22,26H,10-11H2,1H3,(H2,21,29,30);2-9,11,18,22H,1,10,12H2,(H2,21,28,29). The largest absolute Gasteiger partial charge is 0.422 e. The molecule has 0 spiro atoms. The van der Waals surface area contributed by atoms with Crippen LogP contribution in [0.25, 0.3) is 42.7 Å². The van der Waals surface area contributed by atoms with Crippen molar-refractivity contribution in [2.45, 2.75) is 36.6 Å². The highest BCUT2D eigenvalue weighted by Crippen LogP contribution is 2.39. The molecular weight excluding hydrogens is 989 g/mol. The molecule has 8 rings (SSSR count). The molecule has 4 aromatic carbocycles. The van der Waals surface area contributed by atoms with E-state index in [0.717, 1.165) is 43.0 Å². The first-order chi connectivity index (χ1) is 31.7. The number of aromatic nitrogens is 6. The second kappa shape index (κ2) is 20.2. The fourth-order valence-corrected chi connectivity index (χ4v) is 13.2. The lowest BCUT2D eigenvalue weighted by Crippen LogP contribution is -2.30. The van der Waals surface area contributed by atoms with Crippen molar-refractivity contribution in [3.05, 3.63) is 143 Å². The van der Waals surface area contributed by atoms with E-state index in [0.29, 0.717) is 11.0 Å². The molecule has 3 atom stereocenters. The Hall–Kier alpha value is -5.72. The summed E-state index contributed by atoms with van der Waals surface area (Å²) in [6.45, 7) is 4.09. The first-order valence-corrected chi connectivity index (χ1v) is 27.7. The van der Waals surface area contributed by atoms with Crippen molar-refractivity contribution < 1.29 is 47.6 Å². The molecule has 3 unspecified atom stereocenters. The van der Waals surface area contributed by atoms with Gasteiger partial charge in [0.2, 0.25) is 23.6 Å². The Labute approximate surface area is 392 Å². The van der Waals surface area contributed by atoms with Gasteiger partial charge < -0.3 is 13.9 Å². The van der Waals surface area contributed by atoms with Gasteiger partial charge in [0, 0.05) is 0 Å². The quantitative estimate of drug-likeness (QED) is 0.0762. The monoisotopic (exact) mass is 1030 g/mol. The predicted molar refractivity (Wildman–Crippen MR) is 252 cm³/mol. The lowest BCUT2D eigenvalue weighted by molar-refractivity contribution is 0.217. The van der Waals surface area contributed by atoms with E-state index in [1.807, 2.05) is 100 Å². The van der Waals surface area contributed by atoms with Crippen LogP contribution in [0.1, 0.15) is 51.0 Å². The van der Waals surface area contributed by atoms with Crippen molar-refractivity contribution in [2.24, 2.45) is 10.3 Å². The summed E-state index contributed by atoms with van der Waals surface area (Å²) in [5.74, 6) is -1.70. The van der Waals surface area contributed by atoms with E-state index < -0.39 is 69.0 Å². The van der Waals surface area contributed by atoms with Crippen molar-refractivity contribution in [2.75, 3.05) is 11.5 Å². The molecular formula is C40H40N10O11S6. The summed E-state index contributed by atoms with van der Waals surface area (Å²) in [5.41, 5.74) is 5.16. The maximum absolute atomic E-state index is 13.2. The highest BCUT2D eigenvalue weighted by atomic mass is 32.2. The number of sulfone groups is 2. The molecule has 0 saturated heterocycles. The Morgan fingerprint density at radius 2 is 1.04 bits per heavy atom. The molecule has 0 amide bonds. The molecule has 0 aliphatic carbocycles. The first kappa shape index (κ1) is 49.2. The van der Waals surface area contributed by atoms with Gasteiger partial charge in [0.1, 0.15) is 10.0 Å². The van der Waals surface area contributed by atoms with Crippen LogP contribution in [0, 0.1) is 0 Å². The van der Waals surface area contributed by atoms with Gasteiger partial charge in [0.15, 0.2) is 30.2 Å². The summed E-state index contributed by atoms with van der Waals surface area (Å²) in [5, 5.41) is 32.4. The van der Waals surface area contributed by atoms with Crippen LogP contribution >= 0.6 is 22.7 Å². The van der Waals surface area contributed by atoms with Gasteiger partial charge in [-0.2, -0.15) is 26.3 Å². The maximum Gasteiger partial charge on any atom is 0.274 e. The van der Waals surface area contributed by atoms with Crippen LogP contribution in [0.15, 0.2) is 119 Å². The maximum atomic E-state index is 13.2. The molecule has 8 aromatic rings. The van der Waals surface area contributed by atoms with Crippen LogP contribution in [0.3, 0.4) is 0 Å². The van der Waals surface area contributed by atoms with Gasteiger partial charge in [-0.3, -0.25) is 0 Å². The molecule has 352 valence electrons. The molecule has 27 heteroatoms. The zero-order valence-corrected chi connectivity index (χ0v) is 39.8. The topological polar surface area (TPSA) is 337 Å². The van der Waals surface area contributed by atoms with Crippen molar-refractivity contribution in [3.8, 4) is 22.3 Å². The third kappa shape index (κ3) is 12.6. The van der Waals surface area contributed by atoms with Gasteiger partial charge >= 0.3 is 0 Å². The van der Waals surface area contributed by atoms with E-state index in [9.17, 15) is 38.8 Å². The number of thiazole rings is 2. The molecule has 4 heterocycles. The lowest BCUT2D eigenvalue weighted by atomic mass is 10.1. The van der Waals surface area contributed by atoms with E-state index >= 15 is 0 Å². The van der Waals surface area contributed by atoms with E-state index in [2.05, 4.69) is 36.9 Å². The SMILES string of the molecule is C=CCS(=O)(=O)C(c1nnc(CNS(N)(=O)=O)o1)c1nc2ccc(-c3ccccc3)cc2s1.CC(O)CS(=O)(=O)C(c1nnc(CNS(N)(=O)=O)o1)c1nc2ccc(-c3ccccc3)cc2s1. The number of nitrogens with two attached hydrogens (primary N) is 2. The molecule has 7 N–H and O–H groups in total. The first-order valence-electron chi connectivity index (χ1n) is 19.5. The van der Waals surface area contributed by atoms with Crippen LogP contribution in [0.2, 0.25) is 0 Å². The third-order valence-corrected chi connectivity index (χ3v) is 16.8. The fourth-order valence-electron chi connectivity index (χ4n) is 6.46. The zero-order chi connectivity index (χ0) is 48.1. The molecule has 4 aromatic heterocycles. The van der Waals surface area contributed by atoms with Crippen LogP contribution < -0.4 is 19.7 Å². The van der Waals surface area contributed by atoms with E-state index in [4.69, 9.17) is 19.1 Å². The van der Waals surface area contributed by atoms with Crippen LogP contribution in [0.5, 0.6) is 0 Å². The Balaban J connectivity index is 0.000000199. The predicted octanol–water partition coefficient (Wildman–Crippen LogP) is 3.85. The number of nitrogens with one attached hydrogen (secondary N) is 2. The van der Waals surface area contributed by atoms with Crippen LogP contribution in [-0.4, -0.2) is 86.8 Å². The summed E-state index contributed by atoms with van der Waals surface area (Å²) in [7, 11) is -15.9. The van der Waals surface area contributed by atoms with Gasteiger partial charge in [-0.1, -0.05) is 78.9 Å². The second-order valence-electron chi connectivity index (χ2n) is 14.6. The average molecular weight is 1030 g/mol. The summed E-state index contributed by atoms with van der Waals surface area (Å²) in [6, 6.07) is 30.8. The van der Waals surface area contributed by atoms with E-state index in [1.165, 1.54) is 24.3 Å². The molecule has 0 bridgehead atoms. The number of rotatable bonds is 18. The lowest BCUT2D eigenvalue weighted by Gasteiger charge is -2.13. The average Bonchev–Trinajstić information content (AvgIpc) is 4.09. The second-order valence-corrected chi connectivity index (χ2v) is 23.7. The number of nitrogens with zero attached hydrogens (tertiary/aromatic N) is 6. The third-order valence-electron chi connectivity index (χ3n) is 9.28. The highest BCUT2D eigenvalue weighted by Gasteiger charge is 2.38. The van der Waals surface area contributed by atoms with E-state index in [1.54, 1.807) is 6.07 Å². The Morgan fingerprint density at radius 1 is 0.627 bits per heavy atom. The fraction of sp³-hybridized carbons (Fsp3) is 0.200. The van der Waals surface area contributed by atoms with Gasteiger partial charge in [-0.25, -0.2) is 37.1 Å². The van der Waals surface area contributed by atoms with Crippen molar-refractivity contribution in [1.82, 2.24) is 39.8 Å². The van der Waals surface area contributed by atoms with Crippen LogP contribution in [0.4, 0.5) is 0 Å². The number of benzene rings is 4. The number of hydrogen-bond donors (Lipinski definition) is 5. The highest BCUT2D eigenvalue weighted by molar-refractivity contribution is 7.92. The minimum atomic E-state index is -4.03. The molecule has 0 saturated carbocycles. The molecule has 0 aliphatic rings. The smallest absolute Gasteiger partial charge is 0.274 e. The molecule has 67 heavy (non-hydrogen) atoms. The Bertz CT molecular complexity index is 3490. The summed E-state index contributed by atoms with van der Waals surface area (Å²) < 4.78 is 113. The van der Waals surface area contributed by atoms with Crippen molar-refractivity contribution >= 4 is 83.2 Å². The number of hydrogen-bond acceptors (Lipinski definition) is 19. The van der Waals surface area contributed by atoms with E-state index in [-0.39, 0.29) is 45.9 Å². The summed E-state index contributed by atoms with van der Waals surface area (Å²) in [6.07, 6.45) is 0.126. The molecule has 0 aliphatic heterocycles. The van der Waals surface area contributed by atoms with Gasteiger partial charge in [-0.05, 0) is 53.4 Å². The Morgan fingerprint density at radius 3 is 1.43 bits per heavy atom. The number of aliphatic hydroxyl groups is 1. The molecule has 21 nitrogen and oxygen atoms in total. The number of fused-ring (bicyclic) bond motifs is 2. The molecule has 0 fully saturated rings. The zero-order valence-electron chi connectivity index (χ0n) is 34.9. The van der Waals surface area contributed by atoms with Crippen LogP contribution in [-0.2, 0) is 53.2 Å². The summed E-state index contributed by atoms with van der Waals surface area (Å²) in [4.78, 5) is 9.00. The Kier molecular flexibility index (Phi) is 14.9. The van der Waals surface area contributed by atoms with Gasteiger partial charge in [0.05, 0.1) is 51.1 Å². The minimum Gasteiger partial charge on any atom is -0.422 e. The van der Waals surface area contributed by atoms with Gasteiger partial charge in [-0.15, -0.1) is 49.6 Å². The summed E-state index contributed by atoms with van der Waals surface area (Å²) >= 11 is 2.36. The normalized spacial score (nSPS) is 13.8. The molecule has 0 radical (unpaired) electrons. The van der Waals surface area contributed by atoms with Crippen molar-refractivity contribution in [3.63, 3.8) is 0 Å². The van der Waals surface area contributed by atoms with Gasteiger partial charge in [0.25, 0.3) is 20.4 Å². The minimum absolute atomic E-state index is 0.134. The van der Waals surface area contributed by atoms with Crippen molar-refractivity contribution in [1.29, 1.82) is 0 Å².